The number of rotatable bonds is 3. The van der Waals surface area contributed by atoms with Gasteiger partial charge in [-0.25, -0.2) is 9.97 Å². The summed E-state index contributed by atoms with van der Waals surface area (Å²) in [4.78, 5) is 19.7. The third-order valence-electron chi connectivity index (χ3n) is 2.18. The molecule has 6 heteroatoms. The first-order chi connectivity index (χ1) is 8.69. The summed E-state index contributed by atoms with van der Waals surface area (Å²) >= 11 is 2.19. The average Bonchev–Trinajstić information content (AvgIpc) is 2.40. The normalized spacial score (nSPS) is 9.89. The molecule has 5 nitrogen and oxygen atoms in total. The minimum Gasteiger partial charge on any atom is -0.467 e. The van der Waals surface area contributed by atoms with Crippen LogP contribution in [-0.4, -0.2) is 23.0 Å². The summed E-state index contributed by atoms with van der Waals surface area (Å²) in [6.45, 7) is 0. The predicted molar refractivity (Wildman–Crippen MR) is 75.7 cm³/mol. The van der Waals surface area contributed by atoms with E-state index in [0.717, 1.165) is 3.57 Å². The van der Waals surface area contributed by atoms with Crippen molar-refractivity contribution in [2.75, 3.05) is 12.4 Å². The van der Waals surface area contributed by atoms with Crippen LogP contribution in [0.15, 0.2) is 36.7 Å². The van der Waals surface area contributed by atoms with Crippen LogP contribution in [-0.2, 0) is 0 Å². The number of halogens is 1. The molecule has 0 fully saturated rings. The van der Waals surface area contributed by atoms with Crippen molar-refractivity contribution in [3.8, 4) is 6.01 Å². The van der Waals surface area contributed by atoms with Gasteiger partial charge in [0, 0.05) is 9.13 Å². The maximum atomic E-state index is 11.9. The molecule has 2 aromatic rings. The van der Waals surface area contributed by atoms with E-state index in [-0.39, 0.29) is 11.9 Å². The Kier molecular flexibility index (Phi) is 4.08. The van der Waals surface area contributed by atoms with Crippen molar-refractivity contribution >= 4 is 34.2 Å². The highest BCUT2D eigenvalue weighted by Crippen LogP contribution is 2.11. The van der Waals surface area contributed by atoms with E-state index in [2.05, 4.69) is 37.9 Å². The van der Waals surface area contributed by atoms with E-state index in [1.54, 1.807) is 12.1 Å². The summed E-state index contributed by atoms with van der Waals surface area (Å²) in [7, 11) is 1.49. The smallest absolute Gasteiger partial charge is 0.316 e. The summed E-state index contributed by atoms with van der Waals surface area (Å²) in [5.41, 5.74) is 1.12. The molecule has 92 valence electrons. The van der Waals surface area contributed by atoms with Crippen LogP contribution < -0.4 is 10.1 Å². The van der Waals surface area contributed by atoms with Gasteiger partial charge in [-0.1, -0.05) is 0 Å². The Balaban J connectivity index is 2.08. The van der Waals surface area contributed by atoms with Gasteiger partial charge in [-0.15, -0.1) is 0 Å². The minimum absolute atomic E-state index is 0.194. The maximum Gasteiger partial charge on any atom is 0.316 e. The Morgan fingerprint density at radius 3 is 2.39 bits per heavy atom. The van der Waals surface area contributed by atoms with Crippen LogP contribution in [0.2, 0.25) is 0 Å². The van der Waals surface area contributed by atoms with Gasteiger partial charge in [-0.2, -0.15) is 0 Å². The molecular formula is C12H10IN3O2. The number of carbonyl (C=O) groups excluding carboxylic acids is 1. The third-order valence-corrected chi connectivity index (χ3v) is 2.89. The van der Waals surface area contributed by atoms with E-state index in [1.165, 1.54) is 19.5 Å². The van der Waals surface area contributed by atoms with E-state index >= 15 is 0 Å². The maximum absolute atomic E-state index is 11.9. The molecule has 0 bridgehead atoms. The molecule has 2 rings (SSSR count). The summed E-state index contributed by atoms with van der Waals surface area (Å²) in [5, 5.41) is 2.71. The lowest BCUT2D eigenvalue weighted by Crippen LogP contribution is -2.12. The highest BCUT2D eigenvalue weighted by molar-refractivity contribution is 14.1. The average molecular weight is 355 g/mol. The van der Waals surface area contributed by atoms with Gasteiger partial charge >= 0.3 is 6.01 Å². The quantitative estimate of drug-likeness (QED) is 0.859. The molecule has 1 aromatic heterocycles. The van der Waals surface area contributed by atoms with Gasteiger partial charge in [0.1, 0.15) is 0 Å². The minimum atomic E-state index is -0.194. The van der Waals surface area contributed by atoms with Crippen molar-refractivity contribution in [2.45, 2.75) is 0 Å². The zero-order valence-electron chi connectivity index (χ0n) is 9.55. The molecule has 0 aliphatic heterocycles. The Labute approximate surface area is 118 Å². The first-order valence-corrected chi connectivity index (χ1v) is 6.20. The second kappa shape index (κ2) is 5.76. The van der Waals surface area contributed by atoms with Gasteiger partial charge < -0.3 is 10.1 Å². The lowest BCUT2D eigenvalue weighted by atomic mass is 10.2. The molecule has 0 saturated carbocycles. The Bertz CT molecular complexity index is 540. The van der Waals surface area contributed by atoms with Crippen molar-refractivity contribution < 1.29 is 9.53 Å². The van der Waals surface area contributed by atoms with Crippen LogP contribution in [0.4, 0.5) is 5.69 Å². The van der Waals surface area contributed by atoms with Gasteiger partial charge in [0.25, 0.3) is 5.91 Å². The molecule has 1 N–H and O–H groups in total. The Morgan fingerprint density at radius 2 is 1.83 bits per heavy atom. The summed E-state index contributed by atoms with van der Waals surface area (Å²) in [6.07, 6.45) is 2.99. The van der Waals surface area contributed by atoms with E-state index < -0.39 is 0 Å². The SMILES string of the molecule is COc1ncc(NC(=O)c2ccc(I)cc2)cn1. The molecule has 0 saturated heterocycles. The topological polar surface area (TPSA) is 64.1 Å². The molecule has 1 aromatic carbocycles. The number of nitrogens with one attached hydrogen (secondary N) is 1. The van der Waals surface area contributed by atoms with Crippen molar-refractivity contribution in [1.29, 1.82) is 0 Å². The number of anilines is 1. The van der Waals surface area contributed by atoms with Crippen LogP contribution in [0.1, 0.15) is 10.4 Å². The van der Waals surface area contributed by atoms with Gasteiger partial charge in [0.05, 0.1) is 25.2 Å². The number of benzene rings is 1. The van der Waals surface area contributed by atoms with Crippen molar-refractivity contribution in [3.63, 3.8) is 0 Å². The van der Waals surface area contributed by atoms with E-state index in [9.17, 15) is 4.79 Å². The molecule has 0 radical (unpaired) electrons. The molecule has 1 heterocycles. The number of ether oxygens (including phenoxy) is 1. The second-order valence-electron chi connectivity index (χ2n) is 3.42. The number of methoxy groups -OCH3 is 1. The highest BCUT2D eigenvalue weighted by Gasteiger charge is 2.06. The summed E-state index contributed by atoms with van der Waals surface area (Å²) in [6, 6.07) is 7.55. The van der Waals surface area contributed by atoms with Gasteiger partial charge in [-0.3, -0.25) is 4.79 Å². The number of hydrogen-bond donors (Lipinski definition) is 1. The number of aromatic nitrogens is 2. The van der Waals surface area contributed by atoms with E-state index in [1.807, 2.05) is 12.1 Å². The fourth-order valence-electron chi connectivity index (χ4n) is 1.29. The fraction of sp³-hybridized carbons (Fsp3) is 0.0833. The van der Waals surface area contributed by atoms with Gasteiger partial charge in [0.2, 0.25) is 0 Å². The molecule has 0 unspecified atom stereocenters. The Hall–Kier alpha value is -1.70. The van der Waals surface area contributed by atoms with Gasteiger partial charge in [-0.05, 0) is 46.9 Å². The first-order valence-electron chi connectivity index (χ1n) is 5.12. The van der Waals surface area contributed by atoms with Crippen molar-refractivity contribution in [3.05, 3.63) is 45.8 Å². The summed E-state index contributed by atoms with van der Waals surface area (Å²) in [5.74, 6) is -0.194. The molecule has 0 atom stereocenters. The molecule has 0 spiro atoms. The van der Waals surface area contributed by atoms with Crippen molar-refractivity contribution in [1.82, 2.24) is 9.97 Å². The lowest BCUT2D eigenvalue weighted by molar-refractivity contribution is 0.102. The van der Waals surface area contributed by atoms with Gasteiger partial charge in [0.15, 0.2) is 0 Å². The number of nitrogens with zero attached hydrogens (tertiary/aromatic N) is 2. The Morgan fingerprint density at radius 1 is 1.22 bits per heavy atom. The number of hydrogen-bond acceptors (Lipinski definition) is 4. The van der Waals surface area contributed by atoms with E-state index in [4.69, 9.17) is 4.74 Å². The van der Waals surface area contributed by atoms with Crippen LogP contribution in [0.3, 0.4) is 0 Å². The zero-order chi connectivity index (χ0) is 13.0. The lowest BCUT2D eigenvalue weighted by Gasteiger charge is -2.05. The van der Waals surface area contributed by atoms with Crippen LogP contribution in [0, 0.1) is 3.57 Å². The molecular weight excluding hydrogens is 345 g/mol. The molecule has 0 aliphatic rings. The molecule has 0 aliphatic carbocycles. The molecule has 18 heavy (non-hydrogen) atoms. The van der Waals surface area contributed by atoms with Crippen LogP contribution in [0.25, 0.3) is 0 Å². The fourth-order valence-corrected chi connectivity index (χ4v) is 1.65. The van der Waals surface area contributed by atoms with Crippen LogP contribution in [0.5, 0.6) is 6.01 Å². The standard InChI is InChI=1S/C12H10IN3O2/c1-18-12-14-6-10(7-15-12)16-11(17)8-2-4-9(13)5-3-8/h2-7H,1H3,(H,16,17). The summed E-state index contributed by atoms with van der Waals surface area (Å²) < 4.78 is 5.92. The van der Waals surface area contributed by atoms with Crippen LogP contribution >= 0.6 is 22.6 Å². The molecule has 1 amide bonds. The largest absolute Gasteiger partial charge is 0.467 e. The highest BCUT2D eigenvalue weighted by atomic mass is 127. The first kappa shape index (κ1) is 12.7. The second-order valence-corrected chi connectivity index (χ2v) is 4.67. The number of carbonyl (C=O) groups is 1. The predicted octanol–water partition coefficient (Wildman–Crippen LogP) is 2.34. The monoisotopic (exact) mass is 355 g/mol. The van der Waals surface area contributed by atoms with Crippen molar-refractivity contribution in [2.24, 2.45) is 0 Å². The zero-order valence-corrected chi connectivity index (χ0v) is 11.7. The van der Waals surface area contributed by atoms with E-state index in [0.29, 0.717) is 11.3 Å². The number of amides is 1. The third kappa shape index (κ3) is 3.16.